The van der Waals surface area contributed by atoms with E-state index in [1.165, 1.54) is 22.3 Å². The number of benzene rings is 4. The van der Waals surface area contributed by atoms with E-state index in [0.29, 0.717) is 0 Å². The summed E-state index contributed by atoms with van der Waals surface area (Å²) < 4.78 is 0. The molecular weight excluding hydrogens is 428 g/mol. The van der Waals surface area contributed by atoms with Crippen molar-refractivity contribution in [2.24, 2.45) is 0 Å². The maximum atomic E-state index is 4.87. The van der Waals surface area contributed by atoms with Gasteiger partial charge in [-0.3, -0.25) is 0 Å². The summed E-state index contributed by atoms with van der Waals surface area (Å²) in [6, 6.07) is 38.1. The predicted octanol–water partition coefficient (Wildman–Crippen LogP) is 8.42. The van der Waals surface area contributed by atoms with Gasteiger partial charge in [-0.1, -0.05) is 132 Å². The summed E-state index contributed by atoms with van der Waals surface area (Å²) in [5, 5.41) is 2.04. The molecule has 6 aromatic rings. The molecule has 152 valence electrons. The fraction of sp³-hybridized carbons (Fsp3) is 0. The Balaban J connectivity index is 1.26. The van der Waals surface area contributed by atoms with Gasteiger partial charge in [-0.25, -0.2) is 9.97 Å². The molecule has 0 bridgehead atoms. The summed E-state index contributed by atoms with van der Waals surface area (Å²) >= 11 is 3.31. The third kappa shape index (κ3) is 3.64. The largest absolute Gasteiger partial charge is 0.223 e. The molecule has 0 N–H and O–H groups in total. The van der Waals surface area contributed by atoms with Crippen molar-refractivity contribution in [3.8, 4) is 43.4 Å². The quantitative estimate of drug-likeness (QED) is 0.271. The molecule has 0 aliphatic carbocycles. The van der Waals surface area contributed by atoms with E-state index < -0.39 is 0 Å². The van der Waals surface area contributed by atoms with Crippen LogP contribution in [0.5, 0.6) is 0 Å². The zero-order chi connectivity index (χ0) is 21.3. The van der Waals surface area contributed by atoms with E-state index in [1.54, 1.807) is 22.7 Å². The van der Waals surface area contributed by atoms with Crippen LogP contribution in [-0.2, 0) is 0 Å². The van der Waals surface area contributed by atoms with Gasteiger partial charge in [0.1, 0.15) is 10.0 Å². The average molecular weight is 447 g/mol. The first kappa shape index (κ1) is 19.1. The van der Waals surface area contributed by atoms with Crippen LogP contribution in [0, 0.1) is 0 Å². The summed E-state index contributed by atoms with van der Waals surface area (Å²) in [4.78, 5) is 11.7. The third-order valence-electron chi connectivity index (χ3n) is 5.45. The van der Waals surface area contributed by atoms with Crippen molar-refractivity contribution in [1.29, 1.82) is 0 Å². The van der Waals surface area contributed by atoms with E-state index in [0.717, 1.165) is 30.8 Å². The average Bonchev–Trinajstić information content (AvgIpc) is 3.45. The predicted molar refractivity (Wildman–Crippen MR) is 137 cm³/mol. The van der Waals surface area contributed by atoms with E-state index in [4.69, 9.17) is 9.97 Å². The topological polar surface area (TPSA) is 25.8 Å². The second-order valence-electron chi connectivity index (χ2n) is 7.54. The van der Waals surface area contributed by atoms with Crippen molar-refractivity contribution >= 4 is 32.3 Å². The highest BCUT2D eigenvalue weighted by Gasteiger charge is 2.13. The molecule has 0 unspecified atom stereocenters. The van der Waals surface area contributed by atoms with Gasteiger partial charge in [0, 0.05) is 11.1 Å². The minimum atomic E-state index is 0.999. The number of aromatic nitrogens is 2. The van der Waals surface area contributed by atoms with Crippen LogP contribution in [0.4, 0.5) is 0 Å². The number of hydrogen-bond donors (Lipinski definition) is 0. The Labute approximate surface area is 194 Å². The van der Waals surface area contributed by atoms with Gasteiger partial charge in [-0.2, -0.15) is 0 Å². The smallest absolute Gasteiger partial charge is 0.155 e. The van der Waals surface area contributed by atoms with Crippen LogP contribution in [0.1, 0.15) is 0 Å². The number of fused-ring (bicyclic) bond motifs is 1. The number of rotatable bonds is 4. The Bertz CT molecular complexity index is 1340. The second-order valence-corrected chi connectivity index (χ2v) is 9.49. The van der Waals surface area contributed by atoms with Crippen LogP contribution in [0.2, 0.25) is 0 Å². The van der Waals surface area contributed by atoms with Crippen LogP contribution < -0.4 is 0 Å². The molecule has 2 aromatic heterocycles. The molecule has 0 saturated heterocycles. The van der Waals surface area contributed by atoms with Crippen LogP contribution in [0.15, 0.2) is 109 Å². The first-order valence-electron chi connectivity index (χ1n) is 10.4. The lowest BCUT2D eigenvalue weighted by Crippen LogP contribution is -1.80. The Morgan fingerprint density at radius 2 is 0.656 bits per heavy atom. The van der Waals surface area contributed by atoms with Crippen LogP contribution in [0.25, 0.3) is 53.1 Å². The van der Waals surface area contributed by atoms with Crippen LogP contribution in [0.3, 0.4) is 0 Å². The lowest BCUT2D eigenvalue weighted by atomic mass is 10.0. The van der Waals surface area contributed by atoms with Crippen LogP contribution >= 0.6 is 22.7 Å². The maximum Gasteiger partial charge on any atom is 0.155 e. The Morgan fingerprint density at radius 1 is 0.344 bits per heavy atom. The summed E-state index contributed by atoms with van der Waals surface area (Å²) in [5.74, 6) is 0. The molecule has 4 aromatic carbocycles. The van der Waals surface area contributed by atoms with Gasteiger partial charge >= 0.3 is 0 Å². The minimum Gasteiger partial charge on any atom is -0.223 e. The molecule has 32 heavy (non-hydrogen) atoms. The van der Waals surface area contributed by atoms with Crippen molar-refractivity contribution in [3.63, 3.8) is 0 Å². The Hall–Kier alpha value is -3.60. The van der Waals surface area contributed by atoms with Crippen LogP contribution in [-0.4, -0.2) is 9.97 Å². The molecule has 0 saturated carbocycles. The summed E-state index contributed by atoms with van der Waals surface area (Å²) in [5.41, 5.74) is 7.15. The monoisotopic (exact) mass is 446 g/mol. The fourth-order valence-electron chi connectivity index (χ4n) is 3.76. The van der Waals surface area contributed by atoms with Crippen molar-refractivity contribution in [1.82, 2.24) is 9.97 Å². The first-order chi connectivity index (χ1) is 15.8. The zero-order valence-electron chi connectivity index (χ0n) is 17.1. The van der Waals surface area contributed by atoms with Crippen molar-refractivity contribution in [2.75, 3.05) is 0 Å². The van der Waals surface area contributed by atoms with Gasteiger partial charge in [0.25, 0.3) is 0 Å². The Morgan fingerprint density at radius 3 is 1.03 bits per heavy atom. The van der Waals surface area contributed by atoms with E-state index in [2.05, 4.69) is 97.1 Å². The van der Waals surface area contributed by atoms with Gasteiger partial charge < -0.3 is 0 Å². The lowest BCUT2D eigenvalue weighted by Gasteiger charge is -2.03. The van der Waals surface area contributed by atoms with Gasteiger partial charge in [0.05, 0.1) is 0 Å². The number of thiazole rings is 2. The number of nitrogens with zero attached hydrogens (tertiary/aromatic N) is 2. The highest BCUT2D eigenvalue weighted by molar-refractivity contribution is 7.29. The molecule has 0 amide bonds. The van der Waals surface area contributed by atoms with Crippen molar-refractivity contribution < 1.29 is 0 Å². The molecule has 0 spiro atoms. The zero-order valence-corrected chi connectivity index (χ0v) is 18.7. The van der Waals surface area contributed by atoms with Gasteiger partial charge in [0.2, 0.25) is 0 Å². The normalized spacial score (nSPS) is 11.1. The van der Waals surface area contributed by atoms with Gasteiger partial charge in [-0.05, 0) is 22.3 Å². The van der Waals surface area contributed by atoms with E-state index >= 15 is 0 Å². The molecule has 2 heterocycles. The lowest BCUT2D eigenvalue weighted by molar-refractivity contribution is 1.48. The second kappa shape index (κ2) is 8.15. The molecule has 0 aliphatic heterocycles. The molecule has 2 nitrogen and oxygen atoms in total. The molecule has 6 rings (SSSR count). The van der Waals surface area contributed by atoms with Crippen molar-refractivity contribution in [2.45, 2.75) is 0 Å². The highest BCUT2D eigenvalue weighted by Crippen LogP contribution is 2.37. The summed E-state index contributed by atoms with van der Waals surface area (Å²) in [6.07, 6.45) is 0. The summed E-state index contributed by atoms with van der Waals surface area (Å²) in [6.45, 7) is 0. The fourth-order valence-corrected chi connectivity index (χ4v) is 5.81. The summed E-state index contributed by atoms with van der Waals surface area (Å²) in [7, 11) is 0. The maximum absolute atomic E-state index is 4.87. The minimum absolute atomic E-state index is 0.999. The molecular formula is C28H18N2S2. The first-order valence-corrected chi connectivity index (χ1v) is 12.1. The molecule has 0 radical (unpaired) electrons. The van der Waals surface area contributed by atoms with E-state index in [9.17, 15) is 0 Å². The standard InChI is InChI=1S/C28H18N2S2/c1-3-7-19(8-4-1)21-11-15-23(16-12-21)25-29-27-28(31-25)30-26(32-27)24-17-13-22(14-18-24)20-9-5-2-6-10-20/h1-18H. The van der Waals surface area contributed by atoms with Crippen molar-refractivity contribution in [3.05, 3.63) is 109 Å². The SMILES string of the molecule is c1ccc(-c2ccc(-c3nc4sc(-c5ccc(-c6ccccc6)cc5)nc4s3)cc2)cc1. The molecule has 4 heteroatoms. The highest BCUT2D eigenvalue weighted by atomic mass is 32.1. The third-order valence-corrected chi connectivity index (χ3v) is 7.58. The van der Waals surface area contributed by atoms with Gasteiger partial charge in [0.15, 0.2) is 9.66 Å². The van der Waals surface area contributed by atoms with E-state index in [-0.39, 0.29) is 0 Å². The van der Waals surface area contributed by atoms with E-state index in [1.807, 2.05) is 12.1 Å². The molecule has 0 aliphatic rings. The van der Waals surface area contributed by atoms with Gasteiger partial charge in [-0.15, -0.1) is 0 Å². The number of hydrogen-bond acceptors (Lipinski definition) is 4. The molecule has 0 fully saturated rings. The molecule has 0 atom stereocenters. The Kier molecular flexibility index (Phi) is 4.87.